The van der Waals surface area contributed by atoms with Gasteiger partial charge in [0.1, 0.15) is 0 Å². The van der Waals surface area contributed by atoms with Gasteiger partial charge in [-0.25, -0.2) is 8.78 Å². The maximum Gasteiger partial charge on any atom is 0.166 e. The number of halogens is 2. The molecule has 0 aliphatic heterocycles. The number of hydrogen-bond acceptors (Lipinski definition) is 0. The molecule has 0 saturated heterocycles. The lowest BCUT2D eigenvalue weighted by atomic mass is 9.97. The molecule has 2 heteroatoms. The molecule has 0 N–H and O–H groups in total. The topological polar surface area (TPSA) is 0 Å². The lowest BCUT2D eigenvalue weighted by molar-refractivity contribution is 0.505. The Hall–Kier alpha value is -1.96. The first-order valence-electron chi connectivity index (χ1n) is 8.97. The van der Waals surface area contributed by atoms with E-state index in [0.717, 1.165) is 48.3 Å². The maximum atomic E-state index is 14.5. The van der Waals surface area contributed by atoms with Crippen molar-refractivity contribution in [3.05, 3.63) is 59.2 Å². The Morgan fingerprint density at radius 1 is 0.708 bits per heavy atom. The average Bonchev–Trinajstić information content (AvgIpc) is 2.60. The first-order chi connectivity index (χ1) is 11.6. The highest BCUT2D eigenvalue weighted by molar-refractivity contribution is 5.99. The normalized spacial score (nSPS) is 11.5. The smallest absolute Gasteiger partial charge is 0.166 e. The van der Waals surface area contributed by atoms with E-state index in [2.05, 4.69) is 32.0 Å². The van der Waals surface area contributed by atoms with Gasteiger partial charge in [-0.1, -0.05) is 44.9 Å². The third kappa shape index (κ3) is 3.28. The zero-order valence-electron chi connectivity index (χ0n) is 14.5. The number of hydrogen-bond donors (Lipinski definition) is 0. The fraction of sp³-hybridized carbons (Fsp3) is 0.364. The van der Waals surface area contributed by atoms with Crippen LogP contribution in [0.4, 0.5) is 8.78 Å². The van der Waals surface area contributed by atoms with Crippen molar-refractivity contribution in [2.45, 2.75) is 52.4 Å². The summed E-state index contributed by atoms with van der Waals surface area (Å²) >= 11 is 0. The molecule has 0 amide bonds. The molecule has 0 aromatic heterocycles. The lowest BCUT2D eigenvalue weighted by Crippen LogP contribution is -1.96. The average molecular weight is 326 g/mol. The van der Waals surface area contributed by atoms with Crippen molar-refractivity contribution in [2.24, 2.45) is 0 Å². The monoisotopic (exact) mass is 326 g/mol. The Kier molecular flexibility index (Phi) is 5.13. The number of aryl methyl sites for hydroxylation is 2. The highest BCUT2D eigenvalue weighted by Gasteiger charge is 2.14. The SMILES string of the molecule is CCCCc1ccc2cc3cc(CCCC)c(F)c(F)c3cc2c1. The van der Waals surface area contributed by atoms with Crippen LogP contribution in [0.1, 0.15) is 50.7 Å². The van der Waals surface area contributed by atoms with Crippen LogP contribution < -0.4 is 0 Å². The van der Waals surface area contributed by atoms with Crippen LogP contribution in [0.5, 0.6) is 0 Å². The zero-order valence-corrected chi connectivity index (χ0v) is 14.5. The summed E-state index contributed by atoms with van der Waals surface area (Å²) in [6, 6.07) is 11.9. The summed E-state index contributed by atoms with van der Waals surface area (Å²) in [4.78, 5) is 0. The van der Waals surface area contributed by atoms with Gasteiger partial charge in [0.2, 0.25) is 0 Å². The molecule has 3 aromatic rings. The molecule has 0 bridgehead atoms. The molecule has 3 rings (SSSR count). The van der Waals surface area contributed by atoms with Crippen LogP contribution in [0.15, 0.2) is 36.4 Å². The van der Waals surface area contributed by atoms with Crippen LogP contribution in [0.2, 0.25) is 0 Å². The van der Waals surface area contributed by atoms with Crippen LogP contribution in [-0.4, -0.2) is 0 Å². The molecular formula is C22H24F2. The molecule has 0 aliphatic rings. The van der Waals surface area contributed by atoms with Gasteiger partial charge < -0.3 is 0 Å². The van der Waals surface area contributed by atoms with Crippen LogP contribution in [0.25, 0.3) is 21.5 Å². The molecule has 0 heterocycles. The van der Waals surface area contributed by atoms with E-state index in [1.807, 2.05) is 12.1 Å². The summed E-state index contributed by atoms with van der Waals surface area (Å²) in [5, 5.41) is 3.23. The Bertz CT molecular complexity index is 865. The lowest BCUT2D eigenvalue weighted by Gasteiger charge is -2.10. The quantitative estimate of drug-likeness (QED) is 0.430. The highest BCUT2D eigenvalue weighted by Crippen LogP contribution is 2.30. The van der Waals surface area contributed by atoms with Crippen molar-refractivity contribution >= 4 is 21.5 Å². The molecule has 0 nitrogen and oxygen atoms in total. The molecule has 0 aliphatic carbocycles. The van der Waals surface area contributed by atoms with Gasteiger partial charge in [0.25, 0.3) is 0 Å². The molecule has 0 radical (unpaired) electrons. The van der Waals surface area contributed by atoms with E-state index in [0.29, 0.717) is 17.4 Å². The molecule has 126 valence electrons. The summed E-state index contributed by atoms with van der Waals surface area (Å²) in [5.74, 6) is -1.39. The zero-order chi connectivity index (χ0) is 17.1. The van der Waals surface area contributed by atoms with Gasteiger partial charge in [-0.15, -0.1) is 0 Å². The van der Waals surface area contributed by atoms with Gasteiger partial charge in [-0.05, 0) is 71.2 Å². The highest BCUT2D eigenvalue weighted by atomic mass is 19.2. The summed E-state index contributed by atoms with van der Waals surface area (Å²) in [6.07, 6.45) is 5.74. The first kappa shape index (κ1) is 16.9. The fourth-order valence-electron chi connectivity index (χ4n) is 3.27. The van der Waals surface area contributed by atoms with Crippen LogP contribution in [0, 0.1) is 11.6 Å². The van der Waals surface area contributed by atoms with E-state index >= 15 is 0 Å². The molecule has 0 saturated carbocycles. The molecule has 24 heavy (non-hydrogen) atoms. The minimum atomic E-state index is -0.709. The van der Waals surface area contributed by atoms with Crippen molar-refractivity contribution in [1.82, 2.24) is 0 Å². The second-order valence-electron chi connectivity index (χ2n) is 6.63. The van der Waals surface area contributed by atoms with Crippen LogP contribution in [0.3, 0.4) is 0 Å². The van der Waals surface area contributed by atoms with Gasteiger partial charge in [-0.3, -0.25) is 0 Å². The largest absolute Gasteiger partial charge is 0.203 e. The number of benzene rings is 3. The van der Waals surface area contributed by atoms with Gasteiger partial charge in [0.15, 0.2) is 11.6 Å². The van der Waals surface area contributed by atoms with Crippen LogP contribution >= 0.6 is 0 Å². The van der Waals surface area contributed by atoms with Crippen molar-refractivity contribution in [1.29, 1.82) is 0 Å². The summed E-state index contributed by atoms with van der Waals surface area (Å²) in [6.45, 7) is 4.22. The summed E-state index contributed by atoms with van der Waals surface area (Å²) in [5.41, 5.74) is 1.74. The van der Waals surface area contributed by atoms with Crippen molar-refractivity contribution in [3.63, 3.8) is 0 Å². The second-order valence-corrected chi connectivity index (χ2v) is 6.63. The number of unbranched alkanes of at least 4 members (excludes halogenated alkanes) is 2. The molecule has 0 spiro atoms. The van der Waals surface area contributed by atoms with Crippen molar-refractivity contribution in [3.8, 4) is 0 Å². The molecule has 0 atom stereocenters. The van der Waals surface area contributed by atoms with E-state index in [9.17, 15) is 8.78 Å². The van der Waals surface area contributed by atoms with E-state index < -0.39 is 11.6 Å². The summed E-state index contributed by atoms with van der Waals surface area (Å²) in [7, 11) is 0. The molecule has 0 unspecified atom stereocenters. The molecule has 3 aromatic carbocycles. The minimum Gasteiger partial charge on any atom is -0.203 e. The Labute approximate surface area is 142 Å². The summed E-state index contributed by atoms with van der Waals surface area (Å²) < 4.78 is 28.9. The number of fused-ring (bicyclic) bond motifs is 2. The maximum absolute atomic E-state index is 14.5. The molecular weight excluding hydrogens is 302 g/mol. The minimum absolute atomic E-state index is 0.382. The van der Waals surface area contributed by atoms with Gasteiger partial charge in [0, 0.05) is 5.39 Å². The van der Waals surface area contributed by atoms with E-state index in [-0.39, 0.29) is 0 Å². The Morgan fingerprint density at radius 2 is 1.46 bits per heavy atom. The number of rotatable bonds is 6. The van der Waals surface area contributed by atoms with Crippen molar-refractivity contribution in [2.75, 3.05) is 0 Å². The van der Waals surface area contributed by atoms with E-state index in [4.69, 9.17) is 0 Å². The van der Waals surface area contributed by atoms with Crippen molar-refractivity contribution < 1.29 is 8.78 Å². The standard InChI is InChI=1S/C22H24F2/c1-3-5-7-15-9-10-16-12-19-13-17(8-6-4-2)21(23)22(24)20(19)14-18(16)11-15/h9-14H,3-8H2,1-2H3. The van der Waals surface area contributed by atoms with E-state index in [1.54, 1.807) is 6.07 Å². The van der Waals surface area contributed by atoms with Gasteiger partial charge >= 0.3 is 0 Å². The third-order valence-corrected chi connectivity index (χ3v) is 4.73. The predicted molar refractivity (Wildman–Crippen MR) is 98.6 cm³/mol. The van der Waals surface area contributed by atoms with E-state index in [1.165, 1.54) is 5.56 Å². The third-order valence-electron chi connectivity index (χ3n) is 4.73. The fourth-order valence-corrected chi connectivity index (χ4v) is 3.27. The Balaban J connectivity index is 2.11. The predicted octanol–water partition coefficient (Wildman–Crippen LogP) is 6.96. The van der Waals surface area contributed by atoms with Gasteiger partial charge in [0.05, 0.1) is 0 Å². The second kappa shape index (κ2) is 7.29. The Morgan fingerprint density at radius 3 is 2.21 bits per heavy atom. The first-order valence-corrected chi connectivity index (χ1v) is 8.97. The molecule has 0 fully saturated rings. The van der Waals surface area contributed by atoms with Gasteiger partial charge in [-0.2, -0.15) is 0 Å². The van der Waals surface area contributed by atoms with Crippen LogP contribution in [-0.2, 0) is 12.8 Å².